The maximum Gasteiger partial charge on any atom is 0.406 e. The minimum absolute atomic E-state index is 0.277. The Labute approximate surface area is 142 Å². The van der Waals surface area contributed by atoms with Gasteiger partial charge in [0, 0.05) is 19.6 Å². The molecule has 0 aromatic heterocycles. The second-order valence-corrected chi connectivity index (χ2v) is 7.14. The Kier molecular flexibility index (Phi) is 7.35. The zero-order chi connectivity index (χ0) is 18.4. The molecule has 1 aliphatic rings. The van der Waals surface area contributed by atoms with Gasteiger partial charge < -0.3 is 15.5 Å². The van der Waals surface area contributed by atoms with Gasteiger partial charge in [-0.2, -0.15) is 13.2 Å². The molecular weight excluding hydrogens is 321 g/mol. The van der Waals surface area contributed by atoms with Crippen molar-refractivity contribution in [3.8, 4) is 0 Å². The predicted molar refractivity (Wildman–Crippen MR) is 88.8 cm³/mol. The summed E-state index contributed by atoms with van der Waals surface area (Å²) < 4.78 is 36.9. The normalized spacial score (nSPS) is 19.0. The highest BCUT2D eigenvalue weighted by Gasteiger charge is 2.31. The molecule has 24 heavy (non-hydrogen) atoms. The van der Waals surface area contributed by atoms with Gasteiger partial charge >= 0.3 is 6.18 Å². The van der Waals surface area contributed by atoms with Gasteiger partial charge in [-0.15, -0.1) is 0 Å². The first-order valence-corrected chi connectivity index (χ1v) is 8.38. The first-order chi connectivity index (χ1) is 11.0. The maximum absolute atomic E-state index is 12.3. The quantitative estimate of drug-likeness (QED) is 0.592. The molecule has 0 aliphatic heterocycles. The molecule has 0 atom stereocenters. The van der Waals surface area contributed by atoms with Crippen molar-refractivity contribution in [2.45, 2.75) is 58.7 Å². The summed E-state index contributed by atoms with van der Waals surface area (Å²) >= 11 is 0. The van der Waals surface area contributed by atoms with Crippen molar-refractivity contribution >= 4 is 11.9 Å². The fraction of sp³-hybridized carbons (Fsp3) is 0.875. The van der Waals surface area contributed by atoms with E-state index in [1.165, 1.54) is 0 Å². The van der Waals surface area contributed by atoms with Gasteiger partial charge in [-0.1, -0.05) is 13.8 Å². The van der Waals surface area contributed by atoms with Crippen molar-refractivity contribution < 1.29 is 18.0 Å². The number of carbonyl (C=O) groups excluding carboxylic acids is 1. The maximum atomic E-state index is 12.3. The van der Waals surface area contributed by atoms with Gasteiger partial charge in [0.05, 0.1) is 0 Å². The molecule has 1 fully saturated rings. The Morgan fingerprint density at radius 1 is 1.29 bits per heavy atom. The van der Waals surface area contributed by atoms with E-state index in [0.717, 1.165) is 32.7 Å². The van der Waals surface area contributed by atoms with E-state index in [1.54, 1.807) is 0 Å². The summed E-state index contributed by atoms with van der Waals surface area (Å²) in [6.45, 7) is 5.45. The average Bonchev–Trinajstić information content (AvgIpc) is 2.45. The summed E-state index contributed by atoms with van der Waals surface area (Å²) in [5, 5.41) is 6.32. The number of nitrogens with one attached hydrogen (secondary N) is 2. The molecule has 1 rings (SSSR count). The number of guanidine groups is 1. The van der Waals surface area contributed by atoms with Crippen LogP contribution in [0.2, 0.25) is 0 Å². The molecule has 140 valence electrons. The molecule has 0 aromatic carbocycles. The Morgan fingerprint density at radius 3 is 2.38 bits per heavy atom. The highest BCUT2D eigenvalue weighted by Crippen LogP contribution is 2.34. The number of alkyl halides is 3. The van der Waals surface area contributed by atoms with Crippen LogP contribution in [0.4, 0.5) is 13.2 Å². The van der Waals surface area contributed by atoms with Crippen LogP contribution in [0.3, 0.4) is 0 Å². The van der Waals surface area contributed by atoms with Gasteiger partial charge in [-0.05, 0) is 38.0 Å². The van der Waals surface area contributed by atoms with Gasteiger partial charge in [0.1, 0.15) is 13.1 Å². The number of carbonyl (C=O) groups is 1. The van der Waals surface area contributed by atoms with Crippen LogP contribution in [0.15, 0.2) is 4.99 Å². The first kappa shape index (κ1) is 20.6. The first-order valence-electron chi connectivity index (χ1n) is 8.38. The molecule has 0 heterocycles. The van der Waals surface area contributed by atoms with Crippen molar-refractivity contribution in [1.29, 1.82) is 0 Å². The number of hydrogen-bond donors (Lipinski definition) is 2. The zero-order valence-electron chi connectivity index (χ0n) is 15.0. The van der Waals surface area contributed by atoms with E-state index in [-0.39, 0.29) is 12.6 Å². The smallest absolute Gasteiger partial charge is 0.357 e. The molecule has 0 aromatic rings. The fourth-order valence-electron chi connectivity index (χ4n) is 2.68. The number of halogens is 3. The van der Waals surface area contributed by atoms with Gasteiger partial charge in [-0.25, -0.2) is 4.99 Å². The molecule has 0 saturated heterocycles. The number of amides is 1. The largest absolute Gasteiger partial charge is 0.406 e. The number of nitrogens with zero attached hydrogens (tertiary/aromatic N) is 2. The van der Waals surface area contributed by atoms with Crippen LogP contribution in [0.5, 0.6) is 0 Å². The number of likely N-dealkylation sites (N-methyl/N-ethyl adjacent to an activating group) is 1. The second kappa shape index (κ2) is 8.58. The third kappa shape index (κ3) is 7.88. The SMILES string of the molecule is CCNC(=NCC(=O)N(C)CC(F)(F)F)NC1CCC(C)(C)CC1. The third-order valence-electron chi connectivity index (χ3n) is 4.24. The number of hydrogen-bond acceptors (Lipinski definition) is 2. The Hall–Kier alpha value is -1.47. The van der Waals surface area contributed by atoms with Crippen molar-refractivity contribution in [1.82, 2.24) is 15.5 Å². The summed E-state index contributed by atoms with van der Waals surface area (Å²) in [7, 11) is 1.13. The Balaban J connectivity index is 2.54. The summed E-state index contributed by atoms with van der Waals surface area (Å²) in [4.78, 5) is 16.5. The van der Waals surface area contributed by atoms with E-state index in [2.05, 4.69) is 29.5 Å². The van der Waals surface area contributed by atoms with Gasteiger partial charge in [0.25, 0.3) is 0 Å². The van der Waals surface area contributed by atoms with E-state index in [0.29, 0.717) is 22.8 Å². The number of rotatable bonds is 5. The highest BCUT2D eigenvalue weighted by atomic mass is 19.4. The van der Waals surface area contributed by atoms with Crippen molar-refractivity contribution in [3.05, 3.63) is 0 Å². The summed E-state index contributed by atoms with van der Waals surface area (Å²) in [5.41, 5.74) is 0.351. The van der Waals surface area contributed by atoms with E-state index >= 15 is 0 Å². The summed E-state index contributed by atoms with van der Waals surface area (Å²) in [5.74, 6) is -0.176. The third-order valence-corrected chi connectivity index (χ3v) is 4.24. The van der Waals surface area contributed by atoms with Crippen LogP contribution >= 0.6 is 0 Å². The Bertz CT molecular complexity index is 439. The lowest BCUT2D eigenvalue weighted by molar-refractivity contribution is -0.157. The zero-order valence-corrected chi connectivity index (χ0v) is 15.0. The molecule has 8 heteroatoms. The van der Waals surface area contributed by atoms with Crippen LogP contribution in [0, 0.1) is 5.41 Å². The van der Waals surface area contributed by atoms with E-state index in [4.69, 9.17) is 0 Å². The molecule has 1 amide bonds. The molecular formula is C16H29F3N4O. The Morgan fingerprint density at radius 2 is 1.88 bits per heavy atom. The summed E-state index contributed by atoms with van der Waals surface area (Å²) in [6, 6.07) is 0.277. The van der Waals surface area contributed by atoms with Crippen molar-refractivity contribution in [3.63, 3.8) is 0 Å². The van der Waals surface area contributed by atoms with Crippen molar-refractivity contribution in [2.24, 2.45) is 10.4 Å². The minimum atomic E-state index is -4.40. The van der Waals surface area contributed by atoms with Crippen LogP contribution < -0.4 is 10.6 Å². The van der Waals surface area contributed by atoms with Gasteiger partial charge in [-0.3, -0.25) is 4.79 Å². The monoisotopic (exact) mass is 350 g/mol. The standard InChI is InChI=1S/C16H29F3N4O/c1-5-20-14(22-12-6-8-15(2,3)9-7-12)21-10-13(24)23(4)11-16(17,18)19/h12H,5-11H2,1-4H3,(H2,20,21,22). The lowest BCUT2D eigenvalue weighted by Crippen LogP contribution is -2.46. The molecule has 0 bridgehead atoms. The molecule has 1 aliphatic carbocycles. The molecule has 2 N–H and O–H groups in total. The molecule has 0 unspecified atom stereocenters. The van der Waals surface area contributed by atoms with Crippen LogP contribution in [0.1, 0.15) is 46.5 Å². The topological polar surface area (TPSA) is 56.7 Å². The van der Waals surface area contributed by atoms with Crippen LogP contribution in [0.25, 0.3) is 0 Å². The van der Waals surface area contributed by atoms with Crippen LogP contribution in [-0.2, 0) is 4.79 Å². The van der Waals surface area contributed by atoms with E-state index in [9.17, 15) is 18.0 Å². The number of aliphatic imine (C=N–C) groups is 1. The average molecular weight is 350 g/mol. The minimum Gasteiger partial charge on any atom is -0.357 e. The predicted octanol–water partition coefficient (Wildman–Crippen LogP) is 2.53. The van der Waals surface area contributed by atoms with Gasteiger partial charge in [0.2, 0.25) is 5.91 Å². The second-order valence-electron chi connectivity index (χ2n) is 7.14. The van der Waals surface area contributed by atoms with Gasteiger partial charge in [0.15, 0.2) is 5.96 Å². The molecule has 0 spiro atoms. The molecule has 5 nitrogen and oxygen atoms in total. The lowest BCUT2D eigenvalue weighted by atomic mass is 9.75. The van der Waals surface area contributed by atoms with E-state index in [1.807, 2.05) is 6.92 Å². The molecule has 1 saturated carbocycles. The lowest BCUT2D eigenvalue weighted by Gasteiger charge is -2.35. The molecule has 0 radical (unpaired) electrons. The fourth-order valence-corrected chi connectivity index (χ4v) is 2.68. The van der Waals surface area contributed by atoms with Crippen molar-refractivity contribution in [2.75, 3.05) is 26.7 Å². The van der Waals surface area contributed by atoms with E-state index < -0.39 is 18.6 Å². The van der Waals surface area contributed by atoms with Crippen LogP contribution in [-0.4, -0.2) is 55.7 Å². The summed E-state index contributed by atoms with van der Waals surface area (Å²) in [6.07, 6.45) is -0.154. The highest BCUT2D eigenvalue weighted by molar-refractivity contribution is 5.85.